The van der Waals surface area contributed by atoms with E-state index in [1.165, 1.54) is 12.1 Å². The molecule has 0 aliphatic heterocycles. The average Bonchev–Trinajstić information content (AvgIpc) is 2.68. The van der Waals surface area contributed by atoms with Gasteiger partial charge in [-0.25, -0.2) is 4.79 Å². The quantitative estimate of drug-likeness (QED) is 0.456. The van der Waals surface area contributed by atoms with E-state index in [0.29, 0.717) is 12.8 Å². The van der Waals surface area contributed by atoms with Gasteiger partial charge in [0.15, 0.2) is 6.10 Å². The number of methoxy groups -OCH3 is 1. The van der Waals surface area contributed by atoms with Crippen LogP contribution in [0.5, 0.6) is 5.75 Å². The second-order valence-corrected chi connectivity index (χ2v) is 7.38. The number of para-hydroxylation sites is 1. The van der Waals surface area contributed by atoms with Gasteiger partial charge >= 0.3 is 5.97 Å². The van der Waals surface area contributed by atoms with Crippen molar-refractivity contribution in [1.82, 2.24) is 0 Å². The van der Waals surface area contributed by atoms with E-state index in [-0.39, 0.29) is 17.9 Å². The Balaban J connectivity index is 2.07. The molecule has 0 N–H and O–H groups in total. The fourth-order valence-corrected chi connectivity index (χ4v) is 3.71. The first-order valence-corrected chi connectivity index (χ1v) is 10.2. The highest BCUT2D eigenvalue weighted by Crippen LogP contribution is 2.22. The predicted octanol–water partition coefficient (Wildman–Crippen LogP) is 3.36. The lowest BCUT2D eigenvalue weighted by molar-refractivity contribution is -0.151. The molecule has 6 nitrogen and oxygen atoms in total. The van der Waals surface area contributed by atoms with Crippen molar-refractivity contribution in [3.8, 4) is 5.75 Å². The smallest absolute Gasteiger partial charge is 0.336 e. The summed E-state index contributed by atoms with van der Waals surface area (Å²) in [5.41, 5.74) is 0.980. The number of rotatable bonds is 10. The standard InChI is InChI=1S/C20H24O6S/c1-3-25-20(21)19(26-27(22,23)17-12-5-4-6-13-17)15-9-11-16-10-7-8-14-18(16)24-2/h4-8,10,12-14,19H,3,9,11,15H2,1-2H3/t19-/m1/s1. The third-order valence-corrected chi connectivity index (χ3v) is 5.26. The van der Waals surface area contributed by atoms with Crippen LogP contribution < -0.4 is 4.74 Å². The minimum Gasteiger partial charge on any atom is -0.496 e. The topological polar surface area (TPSA) is 78.9 Å². The number of hydrogen-bond donors (Lipinski definition) is 0. The number of carbonyl (C=O) groups is 1. The second-order valence-electron chi connectivity index (χ2n) is 5.81. The fourth-order valence-electron chi connectivity index (χ4n) is 2.62. The molecule has 7 heteroatoms. The summed E-state index contributed by atoms with van der Waals surface area (Å²) in [4.78, 5) is 12.2. The van der Waals surface area contributed by atoms with Gasteiger partial charge in [-0.2, -0.15) is 8.42 Å². The first-order valence-electron chi connectivity index (χ1n) is 8.74. The minimum absolute atomic E-state index is 0.00373. The van der Waals surface area contributed by atoms with E-state index in [1.54, 1.807) is 32.2 Å². The first kappa shape index (κ1) is 20.9. The summed E-state index contributed by atoms with van der Waals surface area (Å²) in [6, 6.07) is 15.3. The largest absolute Gasteiger partial charge is 0.496 e. The molecule has 0 unspecified atom stereocenters. The normalized spacial score (nSPS) is 12.4. The molecule has 0 saturated carbocycles. The van der Waals surface area contributed by atoms with Crippen molar-refractivity contribution < 1.29 is 26.9 Å². The van der Waals surface area contributed by atoms with Crippen LogP contribution in [-0.2, 0) is 30.3 Å². The molecule has 27 heavy (non-hydrogen) atoms. The Morgan fingerprint density at radius 2 is 1.70 bits per heavy atom. The van der Waals surface area contributed by atoms with E-state index in [2.05, 4.69) is 0 Å². The summed E-state index contributed by atoms with van der Waals surface area (Å²) < 4.78 is 40.4. The molecule has 0 saturated heterocycles. The fraction of sp³-hybridized carbons (Fsp3) is 0.350. The Morgan fingerprint density at radius 3 is 2.37 bits per heavy atom. The van der Waals surface area contributed by atoms with Crippen molar-refractivity contribution in [1.29, 1.82) is 0 Å². The molecule has 0 radical (unpaired) electrons. The number of benzene rings is 2. The molecular weight excluding hydrogens is 368 g/mol. The van der Waals surface area contributed by atoms with Crippen LogP contribution >= 0.6 is 0 Å². The van der Waals surface area contributed by atoms with Crippen molar-refractivity contribution in [3.63, 3.8) is 0 Å². The molecule has 0 fully saturated rings. The van der Waals surface area contributed by atoms with Crippen molar-refractivity contribution in [2.45, 2.75) is 37.2 Å². The van der Waals surface area contributed by atoms with Gasteiger partial charge in [-0.1, -0.05) is 36.4 Å². The highest BCUT2D eigenvalue weighted by molar-refractivity contribution is 7.86. The molecule has 2 aromatic rings. The predicted molar refractivity (Wildman–Crippen MR) is 101 cm³/mol. The summed E-state index contributed by atoms with van der Waals surface area (Å²) in [6.45, 7) is 1.81. The molecule has 0 heterocycles. The molecule has 0 bridgehead atoms. The third kappa shape index (κ3) is 6.08. The molecule has 2 aromatic carbocycles. The van der Waals surface area contributed by atoms with Gasteiger partial charge in [0.1, 0.15) is 5.75 Å². The lowest BCUT2D eigenvalue weighted by Gasteiger charge is -2.16. The molecule has 1 atom stereocenters. The van der Waals surface area contributed by atoms with Crippen LogP contribution in [-0.4, -0.2) is 34.2 Å². The molecule has 146 valence electrons. The van der Waals surface area contributed by atoms with E-state index >= 15 is 0 Å². The summed E-state index contributed by atoms with van der Waals surface area (Å²) in [7, 11) is -2.46. The summed E-state index contributed by atoms with van der Waals surface area (Å²) in [6.07, 6.45) is 0.177. The SMILES string of the molecule is CCOC(=O)[C@@H](CCCc1ccccc1OC)OS(=O)(=O)c1ccccc1. The van der Waals surface area contributed by atoms with Crippen LogP contribution in [0.2, 0.25) is 0 Å². The Labute approximate surface area is 160 Å². The first-order chi connectivity index (χ1) is 13.0. The van der Waals surface area contributed by atoms with E-state index in [9.17, 15) is 13.2 Å². The molecule has 0 spiro atoms. The molecule has 0 aromatic heterocycles. The maximum atomic E-state index is 12.4. The van der Waals surface area contributed by atoms with E-state index in [1.807, 2.05) is 24.3 Å². The Hall–Kier alpha value is -2.38. The van der Waals surface area contributed by atoms with Crippen LogP contribution in [0, 0.1) is 0 Å². The molecular formula is C20H24O6S. The van der Waals surface area contributed by atoms with Crippen molar-refractivity contribution in [2.75, 3.05) is 13.7 Å². The van der Waals surface area contributed by atoms with E-state index < -0.39 is 22.2 Å². The van der Waals surface area contributed by atoms with E-state index in [0.717, 1.165) is 11.3 Å². The van der Waals surface area contributed by atoms with Gasteiger partial charge in [0, 0.05) is 0 Å². The summed E-state index contributed by atoms with van der Waals surface area (Å²) in [5, 5.41) is 0. The highest BCUT2D eigenvalue weighted by Gasteiger charge is 2.28. The van der Waals surface area contributed by atoms with Crippen LogP contribution in [0.4, 0.5) is 0 Å². The molecule has 0 aliphatic rings. The number of hydrogen-bond acceptors (Lipinski definition) is 6. The Morgan fingerprint density at radius 1 is 1.04 bits per heavy atom. The number of ether oxygens (including phenoxy) is 2. The Bertz CT molecular complexity index is 833. The Kier molecular flexibility index (Phi) is 7.82. The van der Waals surface area contributed by atoms with Gasteiger partial charge in [0.2, 0.25) is 0 Å². The molecule has 0 aliphatic carbocycles. The van der Waals surface area contributed by atoms with Crippen LogP contribution in [0.25, 0.3) is 0 Å². The van der Waals surface area contributed by atoms with Crippen molar-refractivity contribution in [3.05, 3.63) is 60.2 Å². The molecule has 0 amide bonds. The van der Waals surface area contributed by atoms with Crippen LogP contribution in [0.1, 0.15) is 25.3 Å². The highest BCUT2D eigenvalue weighted by atomic mass is 32.2. The molecule has 2 rings (SSSR count). The maximum absolute atomic E-state index is 12.4. The monoisotopic (exact) mass is 392 g/mol. The minimum atomic E-state index is -4.06. The zero-order chi connectivity index (χ0) is 19.7. The number of esters is 1. The number of aryl methyl sites for hydroxylation is 1. The van der Waals surface area contributed by atoms with Gasteiger partial charge in [-0.3, -0.25) is 4.18 Å². The van der Waals surface area contributed by atoms with E-state index in [4.69, 9.17) is 13.7 Å². The van der Waals surface area contributed by atoms with Crippen LogP contribution in [0.15, 0.2) is 59.5 Å². The lowest BCUT2D eigenvalue weighted by atomic mass is 10.1. The average molecular weight is 392 g/mol. The van der Waals surface area contributed by atoms with Gasteiger partial charge in [0.05, 0.1) is 18.6 Å². The number of carbonyl (C=O) groups excluding carboxylic acids is 1. The van der Waals surface area contributed by atoms with Gasteiger partial charge in [-0.15, -0.1) is 0 Å². The zero-order valence-corrected chi connectivity index (χ0v) is 16.3. The summed E-state index contributed by atoms with van der Waals surface area (Å²) >= 11 is 0. The third-order valence-electron chi connectivity index (χ3n) is 3.93. The maximum Gasteiger partial charge on any atom is 0.336 e. The van der Waals surface area contributed by atoms with Crippen LogP contribution in [0.3, 0.4) is 0 Å². The lowest BCUT2D eigenvalue weighted by Crippen LogP contribution is -2.29. The second kappa shape index (κ2) is 10.1. The van der Waals surface area contributed by atoms with Gasteiger partial charge in [0.25, 0.3) is 10.1 Å². The van der Waals surface area contributed by atoms with Gasteiger partial charge < -0.3 is 9.47 Å². The van der Waals surface area contributed by atoms with Gasteiger partial charge in [-0.05, 0) is 49.9 Å². The summed E-state index contributed by atoms with van der Waals surface area (Å²) in [5.74, 6) is 0.0695. The van der Waals surface area contributed by atoms with Crippen molar-refractivity contribution >= 4 is 16.1 Å². The zero-order valence-electron chi connectivity index (χ0n) is 15.5. The van der Waals surface area contributed by atoms with Crippen molar-refractivity contribution in [2.24, 2.45) is 0 Å².